The molecule has 0 amide bonds. The van der Waals surface area contributed by atoms with E-state index in [-0.39, 0.29) is 0 Å². The molecule has 0 spiro atoms. The number of nitrogens with zero attached hydrogens (tertiary/aromatic N) is 2. The summed E-state index contributed by atoms with van der Waals surface area (Å²) in [6, 6.07) is 15.0. The van der Waals surface area contributed by atoms with Crippen molar-refractivity contribution >= 4 is 32.8 Å². The molecule has 2 aromatic carbocycles. The van der Waals surface area contributed by atoms with Gasteiger partial charge in [-0.25, -0.2) is 4.85 Å². The lowest BCUT2D eigenvalue weighted by Gasteiger charge is -2.28. The zero-order valence-corrected chi connectivity index (χ0v) is 15.1. The summed E-state index contributed by atoms with van der Waals surface area (Å²) in [5.74, 6) is 0. The number of morpholine rings is 1. The molecule has 0 unspecified atom stereocenters. The van der Waals surface area contributed by atoms with Crippen LogP contribution < -0.4 is 4.90 Å². The highest BCUT2D eigenvalue weighted by Gasteiger charge is 2.22. The van der Waals surface area contributed by atoms with E-state index in [4.69, 9.17) is 11.3 Å². The Morgan fingerprint density at radius 2 is 1.88 bits per heavy atom. The van der Waals surface area contributed by atoms with Crippen molar-refractivity contribution in [1.29, 1.82) is 0 Å². The summed E-state index contributed by atoms with van der Waals surface area (Å²) >= 11 is 1.75. The van der Waals surface area contributed by atoms with Crippen LogP contribution >= 0.6 is 11.3 Å². The summed E-state index contributed by atoms with van der Waals surface area (Å²) in [4.78, 5) is 7.46. The van der Waals surface area contributed by atoms with Crippen LogP contribution in [0.15, 0.2) is 42.5 Å². The molecule has 0 bridgehead atoms. The van der Waals surface area contributed by atoms with Crippen LogP contribution in [0.2, 0.25) is 0 Å². The van der Waals surface area contributed by atoms with Gasteiger partial charge in [-0.2, -0.15) is 0 Å². The van der Waals surface area contributed by atoms with E-state index in [9.17, 15) is 0 Å². The Balaban J connectivity index is 1.69. The van der Waals surface area contributed by atoms with Gasteiger partial charge in [0.15, 0.2) is 0 Å². The van der Waals surface area contributed by atoms with E-state index in [0.29, 0.717) is 0 Å². The first-order valence-corrected chi connectivity index (χ1v) is 9.38. The molecular weight excluding hydrogens is 328 g/mol. The smallest absolute Gasteiger partial charge is 0.224 e. The van der Waals surface area contributed by atoms with Gasteiger partial charge in [0.2, 0.25) is 5.69 Å². The van der Waals surface area contributed by atoms with Gasteiger partial charge in [-0.15, -0.1) is 11.3 Å². The number of rotatable bonds is 3. The molecule has 3 aromatic rings. The van der Waals surface area contributed by atoms with E-state index in [1.54, 1.807) is 11.3 Å². The molecule has 0 saturated carbocycles. The number of aryl methyl sites for hydroxylation is 1. The second-order valence-electron chi connectivity index (χ2n) is 6.36. The first-order chi connectivity index (χ1) is 12.3. The Morgan fingerprint density at radius 1 is 1.12 bits per heavy atom. The predicted octanol–water partition coefficient (Wildman–Crippen LogP) is 5.19. The zero-order chi connectivity index (χ0) is 17.2. The fraction of sp³-hybridized carbons (Fsp3) is 0.286. The van der Waals surface area contributed by atoms with E-state index in [1.165, 1.54) is 26.8 Å². The lowest BCUT2D eigenvalue weighted by atomic mass is 10.0. The maximum absolute atomic E-state index is 7.73. The number of anilines is 1. The molecule has 0 radical (unpaired) electrons. The molecule has 4 heteroatoms. The fourth-order valence-corrected chi connectivity index (χ4v) is 4.57. The van der Waals surface area contributed by atoms with E-state index in [2.05, 4.69) is 59.1 Å². The van der Waals surface area contributed by atoms with Crippen molar-refractivity contribution in [2.45, 2.75) is 13.3 Å². The van der Waals surface area contributed by atoms with E-state index in [1.807, 2.05) is 0 Å². The second-order valence-corrected chi connectivity index (χ2v) is 7.56. The standard InChI is InChI=1S/C21H20N2OS/c1-15-19(14-16-7-8-17-5-3-4-6-18(17)13-16)20(22-2)21(25-15)23-9-11-24-12-10-23/h3-8,13H,9-12,14H2,1H3. The van der Waals surface area contributed by atoms with Crippen LogP contribution in [0.25, 0.3) is 15.6 Å². The summed E-state index contributed by atoms with van der Waals surface area (Å²) in [5.41, 5.74) is 3.27. The molecule has 0 atom stereocenters. The zero-order valence-electron chi connectivity index (χ0n) is 14.3. The van der Waals surface area contributed by atoms with Gasteiger partial charge in [-0.1, -0.05) is 42.5 Å². The minimum absolute atomic E-state index is 0.744. The van der Waals surface area contributed by atoms with Crippen LogP contribution in [0.3, 0.4) is 0 Å². The third-order valence-corrected chi connectivity index (χ3v) is 5.97. The molecule has 126 valence electrons. The summed E-state index contributed by atoms with van der Waals surface area (Å²) in [6.45, 7) is 13.1. The van der Waals surface area contributed by atoms with Crippen molar-refractivity contribution in [3.05, 3.63) is 69.9 Å². The second kappa shape index (κ2) is 6.87. The third-order valence-electron chi connectivity index (χ3n) is 4.77. The minimum Gasteiger partial charge on any atom is -0.378 e. The Bertz CT molecular complexity index is 948. The molecule has 1 aliphatic heterocycles. The van der Waals surface area contributed by atoms with E-state index < -0.39 is 0 Å². The van der Waals surface area contributed by atoms with Crippen molar-refractivity contribution in [1.82, 2.24) is 0 Å². The molecule has 1 fully saturated rings. The van der Waals surface area contributed by atoms with Crippen molar-refractivity contribution in [3.63, 3.8) is 0 Å². The monoisotopic (exact) mass is 348 g/mol. The summed E-state index contributed by atoms with van der Waals surface area (Å²) in [6.07, 6.45) is 0.815. The molecule has 25 heavy (non-hydrogen) atoms. The summed E-state index contributed by atoms with van der Waals surface area (Å²) in [5, 5.41) is 3.63. The van der Waals surface area contributed by atoms with Gasteiger partial charge in [0, 0.05) is 13.1 Å². The fourth-order valence-electron chi connectivity index (χ4n) is 3.41. The maximum Gasteiger partial charge on any atom is 0.224 e. The molecule has 1 aromatic heterocycles. The molecule has 1 aliphatic rings. The largest absolute Gasteiger partial charge is 0.378 e. The van der Waals surface area contributed by atoms with Gasteiger partial charge in [-0.3, -0.25) is 0 Å². The number of ether oxygens (including phenoxy) is 1. The SMILES string of the molecule is [C-]#[N+]c1c(N2CCOCC2)sc(C)c1Cc1ccc2ccccc2c1. The van der Waals surface area contributed by atoms with Gasteiger partial charge in [0.25, 0.3) is 0 Å². The molecule has 1 saturated heterocycles. The number of hydrogen-bond donors (Lipinski definition) is 0. The first kappa shape index (κ1) is 16.1. The normalized spacial score (nSPS) is 14.6. The quantitative estimate of drug-likeness (QED) is 0.606. The van der Waals surface area contributed by atoms with Crippen molar-refractivity contribution in [2.75, 3.05) is 31.2 Å². The molecule has 0 aliphatic carbocycles. The summed E-state index contributed by atoms with van der Waals surface area (Å²) in [7, 11) is 0. The lowest BCUT2D eigenvalue weighted by Crippen LogP contribution is -2.35. The molecule has 3 nitrogen and oxygen atoms in total. The van der Waals surface area contributed by atoms with Crippen LogP contribution in [0.5, 0.6) is 0 Å². The van der Waals surface area contributed by atoms with Crippen LogP contribution in [0.1, 0.15) is 16.0 Å². The van der Waals surface area contributed by atoms with Crippen LogP contribution in [0.4, 0.5) is 10.7 Å². The highest BCUT2D eigenvalue weighted by molar-refractivity contribution is 7.17. The average molecular weight is 348 g/mol. The van der Waals surface area contributed by atoms with E-state index in [0.717, 1.165) is 43.4 Å². The Hall–Kier alpha value is -2.35. The summed E-state index contributed by atoms with van der Waals surface area (Å²) < 4.78 is 5.45. The van der Waals surface area contributed by atoms with Crippen molar-refractivity contribution in [3.8, 4) is 0 Å². The average Bonchev–Trinajstić information content (AvgIpc) is 2.98. The number of benzene rings is 2. The Labute approximate surface area is 152 Å². The van der Waals surface area contributed by atoms with Gasteiger partial charge < -0.3 is 9.64 Å². The first-order valence-electron chi connectivity index (χ1n) is 8.56. The number of hydrogen-bond acceptors (Lipinski definition) is 3. The molecule has 0 N–H and O–H groups in total. The highest BCUT2D eigenvalue weighted by atomic mass is 32.1. The molecule has 2 heterocycles. The van der Waals surface area contributed by atoms with Crippen molar-refractivity contribution in [2.24, 2.45) is 0 Å². The number of thiophene rings is 1. The van der Waals surface area contributed by atoms with Gasteiger partial charge >= 0.3 is 0 Å². The Kier molecular flexibility index (Phi) is 4.44. The van der Waals surface area contributed by atoms with Gasteiger partial charge in [0.05, 0.1) is 24.8 Å². The highest BCUT2D eigenvalue weighted by Crippen LogP contribution is 2.43. The van der Waals surface area contributed by atoms with E-state index >= 15 is 0 Å². The topological polar surface area (TPSA) is 16.8 Å². The Morgan fingerprint density at radius 3 is 2.64 bits per heavy atom. The lowest BCUT2D eigenvalue weighted by molar-refractivity contribution is 0.123. The molecule has 4 rings (SSSR count). The third kappa shape index (κ3) is 3.13. The van der Waals surface area contributed by atoms with Crippen molar-refractivity contribution < 1.29 is 4.74 Å². The van der Waals surface area contributed by atoms with Gasteiger partial charge in [0.1, 0.15) is 0 Å². The maximum atomic E-state index is 7.73. The number of fused-ring (bicyclic) bond motifs is 1. The van der Waals surface area contributed by atoms with Crippen LogP contribution in [-0.4, -0.2) is 26.3 Å². The molecular formula is C21H20N2OS. The van der Waals surface area contributed by atoms with Crippen LogP contribution in [-0.2, 0) is 11.2 Å². The van der Waals surface area contributed by atoms with Crippen LogP contribution in [0, 0.1) is 13.5 Å². The van der Waals surface area contributed by atoms with Gasteiger partial charge in [-0.05, 0) is 40.1 Å². The predicted molar refractivity (Wildman–Crippen MR) is 105 cm³/mol. The minimum atomic E-state index is 0.744.